The highest BCUT2D eigenvalue weighted by atomic mass is 16.1. The van der Waals surface area contributed by atoms with E-state index in [1.807, 2.05) is 7.05 Å². The van der Waals surface area contributed by atoms with Crippen molar-refractivity contribution >= 4 is 5.78 Å². The standard InChI is InChI=1S/C8H15NO/c1-7-4-3-5-8(10)6-9(7)2/h7H,3-6H2,1-2H3/t7-/m1/s1. The fraction of sp³-hybridized carbons (Fsp3) is 0.875. The van der Waals surface area contributed by atoms with Gasteiger partial charge in [0.2, 0.25) is 0 Å². The van der Waals surface area contributed by atoms with E-state index in [1.165, 1.54) is 6.42 Å². The van der Waals surface area contributed by atoms with E-state index in [4.69, 9.17) is 0 Å². The van der Waals surface area contributed by atoms with Crippen molar-refractivity contribution in [2.24, 2.45) is 0 Å². The van der Waals surface area contributed by atoms with Gasteiger partial charge in [-0.2, -0.15) is 0 Å². The van der Waals surface area contributed by atoms with E-state index < -0.39 is 0 Å². The van der Waals surface area contributed by atoms with Crippen molar-refractivity contribution in [1.82, 2.24) is 4.90 Å². The van der Waals surface area contributed by atoms with Crippen molar-refractivity contribution in [3.05, 3.63) is 0 Å². The van der Waals surface area contributed by atoms with Gasteiger partial charge in [-0.15, -0.1) is 0 Å². The van der Waals surface area contributed by atoms with E-state index in [1.54, 1.807) is 0 Å². The number of likely N-dealkylation sites (tertiary alicyclic amines) is 1. The molecule has 2 nitrogen and oxygen atoms in total. The zero-order chi connectivity index (χ0) is 7.56. The van der Waals surface area contributed by atoms with Gasteiger partial charge in [0.15, 0.2) is 0 Å². The van der Waals surface area contributed by atoms with Crippen LogP contribution in [0.15, 0.2) is 0 Å². The third-order valence-corrected chi connectivity index (χ3v) is 2.26. The highest BCUT2D eigenvalue weighted by Crippen LogP contribution is 2.11. The van der Waals surface area contributed by atoms with Crippen molar-refractivity contribution < 1.29 is 4.79 Å². The molecule has 1 aliphatic heterocycles. The molecule has 0 aromatic heterocycles. The van der Waals surface area contributed by atoms with Crippen LogP contribution in [0.3, 0.4) is 0 Å². The van der Waals surface area contributed by atoms with Gasteiger partial charge in [0, 0.05) is 12.5 Å². The van der Waals surface area contributed by atoms with Gasteiger partial charge in [0.1, 0.15) is 5.78 Å². The van der Waals surface area contributed by atoms with Gasteiger partial charge in [-0.1, -0.05) is 0 Å². The van der Waals surface area contributed by atoms with Gasteiger partial charge in [0.25, 0.3) is 0 Å². The fourth-order valence-electron chi connectivity index (χ4n) is 1.33. The van der Waals surface area contributed by atoms with Crippen molar-refractivity contribution in [1.29, 1.82) is 0 Å². The molecule has 0 radical (unpaired) electrons. The lowest BCUT2D eigenvalue weighted by Crippen LogP contribution is -2.30. The minimum Gasteiger partial charge on any atom is -0.298 e. The Morgan fingerprint density at radius 1 is 1.60 bits per heavy atom. The van der Waals surface area contributed by atoms with Crippen LogP contribution in [0.2, 0.25) is 0 Å². The second kappa shape index (κ2) is 3.15. The lowest BCUT2D eigenvalue weighted by Gasteiger charge is -2.19. The quantitative estimate of drug-likeness (QED) is 0.502. The summed E-state index contributed by atoms with van der Waals surface area (Å²) < 4.78 is 0. The van der Waals surface area contributed by atoms with Crippen LogP contribution < -0.4 is 0 Å². The summed E-state index contributed by atoms with van der Waals surface area (Å²) in [4.78, 5) is 13.1. The molecule has 1 atom stereocenters. The third-order valence-electron chi connectivity index (χ3n) is 2.26. The Labute approximate surface area is 62.2 Å². The summed E-state index contributed by atoms with van der Waals surface area (Å²) in [6.07, 6.45) is 3.03. The number of carbonyl (C=O) groups is 1. The predicted octanol–water partition coefficient (Wildman–Crippen LogP) is 1.06. The molecule has 0 amide bonds. The zero-order valence-corrected chi connectivity index (χ0v) is 6.76. The minimum atomic E-state index is 0.395. The van der Waals surface area contributed by atoms with E-state index in [0.29, 0.717) is 18.4 Å². The summed E-state index contributed by atoms with van der Waals surface area (Å²) in [6.45, 7) is 2.83. The summed E-state index contributed by atoms with van der Waals surface area (Å²) in [5.41, 5.74) is 0. The zero-order valence-electron chi connectivity index (χ0n) is 6.76. The van der Waals surface area contributed by atoms with Crippen molar-refractivity contribution in [2.45, 2.75) is 32.2 Å². The molecule has 1 fully saturated rings. The molecule has 0 bridgehead atoms. The monoisotopic (exact) mass is 141 g/mol. The molecule has 0 unspecified atom stereocenters. The van der Waals surface area contributed by atoms with Crippen molar-refractivity contribution in [2.75, 3.05) is 13.6 Å². The lowest BCUT2D eigenvalue weighted by molar-refractivity contribution is -0.119. The molecule has 1 saturated heterocycles. The fourth-order valence-corrected chi connectivity index (χ4v) is 1.33. The minimum absolute atomic E-state index is 0.395. The number of hydrogen-bond acceptors (Lipinski definition) is 2. The van der Waals surface area contributed by atoms with Gasteiger partial charge in [-0.05, 0) is 26.8 Å². The van der Waals surface area contributed by atoms with Crippen LogP contribution in [0.25, 0.3) is 0 Å². The normalized spacial score (nSPS) is 30.2. The first-order chi connectivity index (χ1) is 4.70. The maximum Gasteiger partial charge on any atom is 0.146 e. The molecule has 0 aromatic carbocycles. The smallest absolute Gasteiger partial charge is 0.146 e. The highest BCUT2D eigenvalue weighted by molar-refractivity contribution is 5.80. The second-order valence-electron chi connectivity index (χ2n) is 3.20. The van der Waals surface area contributed by atoms with Crippen LogP contribution >= 0.6 is 0 Å². The summed E-state index contributed by atoms with van der Waals surface area (Å²) in [7, 11) is 2.02. The molecular weight excluding hydrogens is 126 g/mol. The summed E-state index contributed by atoms with van der Waals surface area (Å²) in [5, 5.41) is 0. The number of likely N-dealkylation sites (N-methyl/N-ethyl adjacent to an activating group) is 1. The Hall–Kier alpha value is -0.370. The molecule has 0 saturated carbocycles. The van der Waals surface area contributed by atoms with E-state index in [9.17, 15) is 4.79 Å². The Kier molecular flexibility index (Phi) is 2.44. The van der Waals surface area contributed by atoms with Crippen molar-refractivity contribution in [3.63, 3.8) is 0 Å². The van der Waals surface area contributed by atoms with Crippen LogP contribution in [-0.2, 0) is 4.79 Å². The molecule has 0 aromatic rings. The molecule has 10 heavy (non-hydrogen) atoms. The average Bonchev–Trinajstić information content (AvgIpc) is 1.96. The first-order valence-electron chi connectivity index (χ1n) is 3.92. The number of nitrogens with zero attached hydrogens (tertiary/aromatic N) is 1. The molecule has 0 spiro atoms. The molecule has 0 aliphatic carbocycles. The van der Waals surface area contributed by atoms with E-state index in [-0.39, 0.29) is 0 Å². The number of hydrogen-bond donors (Lipinski definition) is 0. The van der Waals surface area contributed by atoms with Gasteiger partial charge in [0.05, 0.1) is 6.54 Å². The van der Waals surface area contributed by atoms with Crippen LogP contribution in [0, 0.1) is 0 Å². The largest absolute Gasteiger partial charge is 0.298 e. The third kappa shape index (κ3) is 1.81. The molecule has 1 heterocycles. The Morgan fingerprint density at radius 2 is 2.30 bits per heavy atom. The Morgan fingerprint density at radius 3 is 3.00 bits per heavy atom. The van der Waals surface area contributed by atoms with Crippen LogP contribution in [0.1, 0.15) is 26.2 Å². The number of Topliss-reactive ketones (excluding diaryl/α,β-unsaturated/α-hetero) is 1. The summed E-state index contributed by atoms with van der Waals surface area (Å²) >= 11 is 0. The van der Waals surface area contributed by atoms with Crippen LogP contribution in [0.5, 0.6) is 0 Å². The Balaban J connectivity index is 2.49. The molecule has 2 heteroatoms. The van der Waals surface area contributed by atoms with E-state index >= 15 is 0 Å². The highest BCUT2D eigenvalue weighted by Gasteiger charge is 2.16. The molecule has 58 valence electrons. The number of carbonyl (C=O) groups excluding carboxylic acids is 1. The first-order valence-corrected chi connectivity index (χ1v) is 3.92. The maximum atomic E-state index is 11.0. The predicted molar refractivity (Wildman–Crippen MR) is 41.0 cm³/mol. The average molecular weight is 141 g/mol. The first kappa shape index (κ1) is 7.73. The SMILES string of the molecule is C[C@@H]1CCCC(=O)CN1C. The van der Waals surface area contributed by atoms with Gasteiger partial charge >= 0.3 is 0 Å². The van der Waals surface area contributed by atoms with Crippen LogP contribution in [0.4, 0.5) is 0 Å². The van der Waals surface area contributed by atoms with E-state index in [2.05, 4.69) is 11.8 Å². The Bertz CT molecular complexity index is 133. The molecule has 1 aliphatic rings. The van der Waals surface area contributed by atoms with E-state index in [0.717, 1.165) is 12.8 Å². The molecular formula is C8H15NO. The van der Waals surface area contributed by atoms with Gasteiger partial charge < -0.3 is 0 Å². The number of ketones is 1. The topological polar surface area (TPSA) is 20.3 Å². The summed E-state index contributed by atoms with van der Waals surface area (Å²) in [6, 6.07) is 0.589. The van der Waals surface area contributed by atoms with Gasteiger partial charge in [-0.3, -0.25) is 9.69 Å². The number of rotatable bonds is 0. The van der Waals surface area contributed by atoms with Crippen molar-refractivity contribution in [3.8, 4) is 0 Å². The van der Waals surface area contributed by atoms with Gasteiger partial charge in [-0.25, -0.2) is 0 Å². The summed E-state index contributed by atoms with van der Waals surface area (Å²) in [5.74, 6) is 0.395. The second-order valence-corrected chi connectivity index (χ2v) is 3.20. The van der Waals surface area contributed by atoms with Crippen LogP contribution in [-0.4, -0.2) is 30.3 Å². The maximum absolute atomic E-state index is 11.0. The molecule has 1 rings (SSSR count). The lowest BCUT2D eigenvalue weighted by atomic mass is 10.1. The molecule has 0 N–H and O–H groups in total.